The van der Waals surface area contributed by atoms with Crippen LogP contribution >= 0.6 is 15.9 Å². The van der Waals surface area contributed by atoms with Gasteiger partial charge in [0, 0.05) is 6.54 Å². The highest BCUT2D eigenvalue weighted by molar-refractivity contribution is 9.10. The second-order valence-electron chi connectivity index (χ2n) is 5.28. The lowest BCUT2D eigenvalue weighted by atomic mass is 10.1. The van der Waals surface area contributed by atoms with E-state index in [1.165, 1.54) is 6.08 Å². The third kappa shape index (κ3) is 5.76. The summed E-state index contributed by atoms with van der Waals surface area (Å²) < 4.78 is 5.81. The van der Waals surface area contributed by atoms with Crippen molar-refractivity contribution >= 4 is 33.8 Å². The average molecular weight is 414 g/mol. The van der Waals surface area contributed by atoms with E-state index in [4.69, 9.17) is 10.5 Å². The summed E-state index contributed by atoms with van der Waals surface area (Å²) in [7, 11) is 0. The Hall–Kier alpha value is -3.11. The van der Waals surface area contributed by atoms with Gasteiger partial charge in [0.25, 0.3) is 11.8 Å². The summed E-state index contributed by atoms with van der Waals surface area (Å²) in [6.07, 6.45) is 1.48. The van der Waals surface area contributed by atoms with Crippen molar-refractivity contribution in [1.29, 1.82) is 5.26 Å². The maximum absolute atomic E-state index is 12.2. The maximum Gasteiger partial charge on any atom is 0.262 e. The number of nitrogens with zero attached hydrogens (tertiary/aromatic N) is 1. The lowest BCUT2D eigenvalue weighted by Crippen LogP contribution is -2.23. The molecule has 0 spiro atoms. The largest absolute Gasteiger partial charge is 0.483 e. The van der Waals surface area contributed by atoms with E-state index in [9.17, 15) is 14.9 Å². The highest BCUT2D eigenvalue weighted by Crippen LogP contribution is 2.27. The average Bonchev–Trinajstić information content (AvgIpc) is 2.64. The van der Waals surface area contributed by atoms with Crippen molar-refractivity contribution in [2.24, 2.45) is 5.73 Å². The molecule has 132 valence electrons. The Morgan fingerprint density at radius 1 is 1.23 bits per heavy atom. The van der Waals surface area contributed by atoms with Gasteiger partial charge < -0.3 is 15.8 Å². The Kier molecular flexibility index (Phi) is 6.94. The first-order valence-electron chi connectivity index (χ1n) is 7.64. The van der Waals surface area contributed by atoms with Gasteiger partial charge in [0.05, 0.1) is 4.47 Å². The number of halogens is 1. The van der Waals surface area contributed by atoms with Crippen LogP contribution in [-0.4, -0.2) is 18.4 Å². The highest BCUT2D eigenvalue weighted by Gasteiger charge is 2.10. The number of nitrogens with one attached hydrogen (secondary N) is 1. The van der Waals surface area contributed by atoms with Crippen LogP contribution in [0.5, 0.6) is 5.75 Å². The van der Waals surface area contributed by atoms with E-state index in [1.54, 1.807) is 18.2 Å². The molecule has 0 aliphatic heterocycles. The van der Waals surface area contributed by atoms with E-state index in [0.29, 0.717) is 22.3 Å². The van der Waals surface area contributed by atoms with Crippen molar-refractivity contribution in [3.05, 3.63) is 69.7 Å². The zero-order valence-corrected chi connectivity index (χ0v) is 15.3. The van der Waals surface area contributed by atoms with E-state index < -0.39 is 11.8 Å². The summed E-state index contributed by atoms with van der Waals surface area (Å²) in [6.45, 7) is 0.0986. The highest BCUT2D eigenvalue weighted by atomic mass is 79.9. The number of nitrogens with two attached hydrogens (primary N) is 1. The van der Waals surface area contributed by atoms with Crippen molar-refractivity contribution in [2.75, 3.05) is 6.61 Å². The van der Waals surface area contributed by atoms with Crippen molar-refractivity contribution in [2.45, 2.75) is 6.54 Å². The normalized spacial score (nSPS) is 10.7. The number of primary amides is 1. The minimum Gasteiger partial charge on any atom is -0.483 e. The van der Waals surface area contributed by atoms with Crippen molar-refractivity contribution < 1.29 is 14.3 Å². The molecule has 0 radical (unpaired) electrons. The first kappa shape index (κ1) is 19.2. The third-order valence-electron chi connectivity index (χ3n) is 3.30. The van der Waals surface area contributed by atoms with Gasteiger partial charge in [-0.05, 0) is 45.3 Å². The van der Waals surface area contributed by atoms with Gasteiger partial charge in [-0.1, -0.05) is 36.4 Å². The van der Waals surface area contributed by atoms with Gasteiger partial charge in [0.1, 0.15) is 17.4 Å². The van der Waals surface area contributed by atoms with Gasteiger partial charge in [0.2, 0.25) is 0 Å². The number of benzene rings is 2. The number of rotatable bonds is 7. The molecule has 0 unspecified atom stereocenters. The quantitative estimate of drug-likeness (QED) is 0.537. The van der Waals surface area contributed by atoms with Gasteiger partial charge in [-0.2, -0.15) is 5.26 Å². The van der Waals surface area contributed by atoms with E-state index in [1.807, 2.05) is 36.4 Å². The lowest BCUT2D eigenvalue weighted by molar-refractivity contribution is -0.120. The van der Waals surface area contributed by atoms with E-state index in [0.717, 1.165) is 5.56 Å². The van der Waals surface area contributed by atoms with E-state index >= 15 is 0 Å². The van der Waals surface area contributed by atoms with Crippen molar-refractivity contribution in [1.82, 2.24) is 5.32 Å². The molecule has 2 rings (SSSR count). The molecule has 2 aromatic carbocycles. The first-order chi connectivity index (χ1) is 12.5. The van der Waals surface area contributed by atoms with Crippen LogP contribution in [0.4, 0.5) is 0 Å². The molecule has 2 aromatic rings. The molecule has 0 aliphatic rings. The Labute approximate surface area is 159 Å². The number of amides is 2. The Morgan fingerprint density at radius 3 is 2.58 bits per heavy atom. The molecule has 0 saturated carbocycles. The molecule has 0 saturated heterocycles. The zero-order valence-electron chi connectivity index (χ0n) is 13.7. The zero-order chi connectivity index (χ0) is 18.9. The van der Waals surface area contributed by atoms with Crippen LogP contribution in [0.15, 0.2) is 58.6 Å². The molecule has 26 heavy (non-hydrogen) atoms. The van der Waals surface area contributed by atoms with Gasteiger partial charge in [-0.15, -0.1) is 0 Å². The number of hydrogen-bond donors (Lipinski definition) is 2. The molecule has 0 aromatic heterocycles. The summed E-state index contributed by atoms with van der Waals surface area (Å²) in [5.74, 6) is -0.600. The molecule has 2 amide bonds. The molecule has 0 aliphatic carbocycles. The Balaban J connectivity index is 2.07. The predicted octanol–water partition coefficient (Wildman–Crippen LogP) is 2.54. The maximum atomic E-state index is 12.2. The second kappa shape index (κ2) is 9.39. The monoisotopic (exact) mass is 413 g/mol. The summed E-state index contributed by atoms with van der Waals surface area (Å²) in [5, 5.41) is 12.0. The van der Waals surface area contributed by atoms with E-state index in [2.05, 4.69) is 21.2 Å². The molecule has 0 heterocycles. The molecule has 0 fully saturated rings. The molecule has 6 nitrogen and oxygen atoms in total. The number of carbonyl (C=O) groups excluding carboxylic acids is 2. The lowest BCUT2D eigenvalue weighted by Gasteiger charge is -2.07. The fraction of sp³-hybridized carbons (Fsp3) is 0.105. The van der Waals surface area contributed by atoms with Crippen LogP contribution in [0.25, 0.3) is 6.08 Å². The van der Waals surface area contributed by atoms with Gasteiger partial charge in [0.15, 0.2) is 6.61 Å². The van der Waals surface area contributed by atoms with Gasteiger partial charge >= 0.3 is 0 Å². The predicted molar refractivity (Wildman–Crippen MR) is 101 cm³/mol. The fourth-order valence-corrected chi connectivity index (χ4v) is 2.57. The molecule has 0 atom stereocenters. The minimum atomic E-state index is -0.581. The van der Waals surface area contributed by atoms with Crippen LogP contribution in [0.3, 0.4) is 0 Å². The van der Waals surface area contributed by atoms with Crippen LogP contribution in [0.2, 0.25) is 0 Å². The number of hydrogen-bond acceptors (Lipinski definition) is 4. The Bertz CT molecular complexity index is 873. The molecule has 3 N–H and O–H groups in total. The molecular weight excluding hydrogens is 398 g/mol. The molecule has 7 heteroatoms. The standard InChI is InChI=1S/C19H16BrN3O3/c20-16-9-14(6-7-17(16)26-12-18(22)24)8-15(10-21)19(25)23-11-13-4-2-1-3-5-13/h1-9H,11-12H2,(H2,22,24)(H,23,25)/b15-8+. The number of carbonyl (C=O) groups is 2. The minimum absolute atomic E-state index is 0.0152. The Morgan fingerprint density at radius 2 is 1.96 bits per heavy atom. The SMILES string of the molecule is N#C/C(=C\c1ccc(OCC(N)=O)c(Br)c1)C(=O)NCc1ccccc1. The van der Waals surface area contributed by atoms with E-state index in [-0.39, 0.29) is 12.2 Å². The molecule has 0 bridgehead atoms. The van der Waals surface area contributed by atoms with Crippen molar-refractivity contribution in [3.8, 4) is 11.8 Å². The van der Waals surface area contributed by atoms with Crippen LogP contribution in [0.1, 0.15) is 11.1 Å². The summed E-state index contributed by atoms with van der Waals surface area (Å²) >= 11 is 3.32. The fourth-order valence-electron chi connectivity index (χ4n) is 2.06. The summed E-state index contributed by atoms with van der Waals surface area (Å²) in [4.78, 5) is 23.0. The number of nitriles is 1. The summed E-state index contributed by atoms with van der Waals surface area (Å²) in [5.41, 5.74) is 6.60. The van der Waals surface area contributed by atoms with Gasteiger partial charge in [-0.25, -0.2) is 0 Å². The first-order valence-corrected chi connectivity index (χ1v) is 8.43. The topological polar surface area (TPSA) is 105 Å². The summed E-state index contributed by atoms with van der Waals surface area (Å²) in [6, 6.07) is 16.3. The van der Waals surface area contributed by atoms with Crippen molar-refractivity contribution in [3.63, 3.8) is 0 Å². The van der Waals surface area contributed by atoms with Crippen LogP contribution < -0.4 is 15.8 Å². The second-order valence-corrected chi connectivity index (χ2v) is 6.14. The van der Waals surface area contributed by atoms with Gasteiger partial charge in [-0.3, -0.25) is 9.59 Å². The smallest absolute Gasteiger partial charge is 0.262 e. The molecular formula is C19H16BrN3O3. The number of ether oxygens (including phenoxy) is 1. The van der Waals surface area contributed by atoms with Crippen LogP contribution in [0, 0.1) is 11.3 Å². The third-order valence-corrected chi connectivity index (χ3v) is 3.92. The van der Waals surface area contributed by atoms with Crippen LogP contribution in [-0.2, 0) is 16.1 Å².